The summed E-state index contributed by atoms with van der Waals surface area (Å²) in [5.41, 5.74) is 2.44. The summed E-state index contributed by atoms with van der Waals surface area (Å²) in [6, 6.07) is 13.7. The van der Waals surface area contributed by atoms with Crippen LogP contribution >= 0.6 is 0 Å². The second-order valence-corrected chi connectivity index (χ2v) is 7.36. The molecule has 0 aliphatic heterocycles. The van der Waals surface area contributed by atoms with E-state index in [0.29, 0.717) is 22.9 Å². The molecule has 2 rings (SSSR count). The number of anilines is 1. The molecule has 30 heavy (non-hydrogen) atoms. The number of rotatable bonds is 8. The van der Waals surface area contributed by atoms with E-state index in [1.807, 2.05) is 24.3 Å². The maximum atomic E-state index is 13.1. The van der Waals surface area contributed by atoms with Crippen LogP contribution in [-0.2, 0) is 14.4 Å². The van der Waals surface area contributed by atoms with Gasteiger partial charge in [-0.3, -0.25) is 14.4 Å². The lowest BCUT2D eigenvalue weighted by atomic mass is 10.0. The molecule has 0 unspecified atom stereocenters. The van der Waals surface area contributed by atoms with Crippen LogP contribution in [0.3, 0.4) is 0 Å². The number of carbonyl (C=O) groups is 3. The summed E-state index contributed by atoms with van der Waals surface area (Å²) in [6.45, 7) is 5.35. The monoisotopic (exact) mass is 411 g/mol. The van der Waals surface area contributed by atoms with Crippen molar-refractivity contribution in [2.45, 2.75) is 32.7 Å². The highest BCUT2D eigenvalue weighted by molar-refractivity contribution is 5.98. The fraction of sp³-hybridized carbons (Fsp3) is 0.348. The molecule has 0 aliphatic carbocycles. The van der Waals surface area contributed by atoms with Crippen molar-refractivity contribution in [2.24, 2.45) is 0 Å². The molecule has 0 spiro atoms. The van der Waals surface area contributed by atoms with Gasteiger partial charge in [0.2, 0.25) is 11.8 Å². The molecule has 0 radical (unpaired) electrons. The Hall–Kier alpha value is -3.35. The molecule has 160 valence electrons. The average Bonchev–Trinajstić information content (AvgIpc) is 2.72. The molecule has 0 fully saturated rings. The number of carbonyl (C=O) groups excluding carboxylic acids is 3. The molecule has 0 saturated carbocycles. The molecule has 2 aromatic carbocycles. The van der Waals surface area contributed by atoms with Gasteiger partial charge in [-0.25, -0.2) is 0 Å². The van der Waals surface area contributed by atoms with Crippen LogP contribution in [0.2, 0.25) is 0 Å². The predicted molar refractivity (Wildman–Crippen MR) is 116 cm³/mol. The third-order valence-electron chi connectivity index (χ3n) is 4.79. The first-order valence-electron chi connectivity index (χ1n) is 9.77. The molecule has 0 heterocycles. The topological polar surface area (TPSA) is 87.7 Å². The number of likely N-dealkylation sites (N-methyl/N-ethyl adjacent to an activating group) is 1. The van der Waals surface area contributed by atoms with Crippen molar-refractivity contribution in [1.29, 1.82) is 0 Å². The SMILES string of the molecule is COc1ccc([C@H](C(=O)Nc2ccc(C(C)C)cc2)N(C)C(=O)CNC(C)=O)cc1. The molecular formula is C23H29N3O4. The Kier molecular flexibility index (Phi) is 7.98. The van der Waals surface area contributed by atoms with Crippen molar-refractivity contribution in [1.82, 2.24) is 10.2 Å². The van der Waals surface area contributed by atoms with Gasteiger partial charge in [0.15, 0.2) is 0 Å². The minimum atomic E-state index is -0.873. The van der Waals surface area contributed by atoms with Gasteiger partial charge in [0.1, 0.15) is 11.8 Å². The van der Waals surface area contributed by atoms with Crippen molar-refractivity contribution in [3.8, 4) is 5.75 Å². The highest BCUT2D eigenvalue weighted by Gasteiger charge is 2.29. The van der Waals surface area contributed by atoms with Gasteiger partial charge >= 0.3 is 0 Å². The Morgan fingerprint density at radius 2 is 1.53 bits per heavy atom. The van der Waals surface area contributed by atoms with E-state index in [1.54, 1.807) is 38.4 Å². The van der Waals surface area contributed by atoms with Gasteiger partial charge in [-0.15, -0.1) is 0 Å². The third kappa shape index (κ3) is 6.07. The van der Waals surface area contributed by atoms with Crippen molar-refractivity contribution >= 4 is 23.4 Å². The van der Waals surface area contributed by atoms with E-state index in [0.717, 1.165) is 0 Å². The summed E-state index contributed by atoms with van der Waals surface area (Å²) in [7, 11) is 3.10. The molecular weight excluding hydrogens is 382 g/mol. The van der Waals surface area contributed by atoms with E-state index in [4.69, 9.17) is 4.74 Å². The second kappa shape index (κ2) is 10.4. The minimum Gasteiger partial charge on any atom is -0.497 e. The Bertz CT molecular complexity index is 876. The number of nitrogens with zero attached hydrogens (tertiary/aromatic N) is 1. The van der Waals surface area contributed by atoms with Gasteiger partial charge in [0.25, 0.3) is 5.91 Å². The van der Waals surface area contributed by atoms with Gasteiger partial charge < -0.3 is 20.3 Å². The summed E-state index contributed by atoms with van der Waals surface area (Å²) in [5, 5.41) is 5.36. The van der Waals surface area contributed by atoms with Crippen LogP contribution in [0.15, 0.2) is 48.5 Å². The molecule has 3 amide bonds. The number of hydrogen-bond acceptors (Lipinski definition) is 4. The van der Waals surface area contributed by atoms with Gasteiger partial charge in [0.05, 0.1) is 13.7 Å². The maximum absolute atomic E-state index is 13.1. The van der Waals surface area contributed by atoms with Crippen molar-refractivity contribution < 1.29 is 19.1 Å². The fourth-order valence-electron chi connectivity index (χ4n) is 2.97. The fourth-order valence-corrected chi connectivity index (χ4v) is 2.97. The maximum Gasteiger partial charge on any atom is 0.251 e. The zero-order valence-electron chi connectivity index (χ0n) is 18.1. The molecule has 0 aromatic heterocycles. The Morgan fingerprint density at radius 3 is 2.03 bits per heavy atom. The number of methoxy groups -OCH3 is 1. The van der Waals surface area contributed by atoms with Crippen LogP contribution in [-0.4, -0.2) is 43.3 Å². The summed E-state index contributed by atoms with van der Waals surface area (Å²) in [4.78, 5) is 38.2. The highest BCUT2D eigenvalue weighted by atomic mass is 16.5. The van der Waals surface area contributed by atoms with E-state index in [1.165, 1.54) is 17.4 Å². The molecule has 2 N–H and O–H groups in total. The largest absolute Gasteiger partial charge is 0.497 e. The van der Waals surface area contributed by atoms with E-state index in [9.17, 15) is 14.4 Å². The third-order valence-corrected chi connectivity index (χ3v) is 4.79. The predicted octanol–water partition coefficient (Wildman–Crippen LogP) is 3.09. The molecule has 0 aliphatic rings. The number of benzene rings is 2. The zero-order valence-corrected chi connectivity index (χ0v) is 18.1. The Labute approximate surface area is 177 Å². The lowest BCUT2D eigenvalue weighted by molar-refractivity contribution is -0.137. The summed E-state index contributed by atoms with van der Waals surface area (Å²) >= 11 is 0. The van der Waals surface area contributed by atoms with Gasteiger partial charge in [-0.1, -0.05) is 38.1 Å². The van der Waals surface area contributed by atoms with Crippen LogP contribution in [0.4, 0.5) is 5.69 Å². The average molecular weight is 412 g/mol. The van der Waals surface area contributed by atoms with E-state index in [2.05, 4.69) is 24.5 Å². The van der Waals surface area contributed by atoms with Gasteiger partial charge in [0, 0.05) is 19.7 Å². The highest BCUT2D eigenvalue weighted by Crippen LogP contribution is 2.25. The van der Waals surface area contributed by atoms with E-state index >= 15 is 0 Å². The smallest absolute Gasteiger partial charge is 0.251 e. The first kappa shape index (κ1) is 22.9. The van der Waals surface area contributed by atoms with Crippen LogP contribution in [0, 0.1) is 0 Å². The Morgan fingerprint density at radius 1 is 0.967 bits per heavy atom. The normalized spacial score (nSPS) is 11.5. The van der Waals surface area contributed by atoms with Gasteiger partial charge in [-0.2, -0.15) is 0 Å². The van der Waals surface area contributed by atoms with Crippen molar-refractivity contribution in [3.05, 3.63) is 59.7 Å². The Balaban J connectivity index is 2.27. The number of nitrogens with one attached hydrogen (secondary N) is 2. The van der Waals surface area contributed by atoms with Crippen molar-refractivity contribution in [2.75, 3.05) is 26.0 Å². The lowest BCUT2D eigenvalue weighted by Gasteiger charge is -2.28. The van der Waals surface area contributed by atoms with Crippen LogP contribution in [0.25, 0.3) is 0 Å². The first-order valence-corrected chi connectivity index (χ1v) is 9.77. The summed E-state index contributed by atoms with van der Waals surface area (Å²) in [5.74, 6) is -0.00589. The first-order chi connectivity index (χ1) is 14.2. The molecule has 7 heteroatoms. The number of amides is 3. The molecule has 7 nitrogen and oxygen atoms in total. The van der Waals surface area contributed by atoms with Crippen LogP contribution in [0.5, 0.6) is 5.75 Å². The lowest BCUT2D eigenvalue weighted by Crippen LogP contribution is -2.43. The quantitative estimate of drug-likeness (QED) is 0.699. The van der Waals surface area contributed by atoms with Crippen LogP contribution in [0.1, 0.15) is 43.9 Å². The molecule has 0 saturated heterocycles. The molecule has 0 bridgehead atoms. The summed E-state index contributed by atoms with van der Waals surface area (Å²) in [6.07, 6.45) is 0. The van der Waals surface area contributed by atoms with Gasteiger partial charge in [-0.05, 0) is 41.3 Å². The number of ether oxygens (including phenoxy) is 1. The standard InChI is InChI=1S/C23H29N3O4/c1-15(2)17-6-10-19(11-7-17)25-23(29)22(18-8-12-20(30-5)13-9-18)26(4)21(28)14-24-16(3)27/h6-13,15,22H,14H2,1-5H3,(H,24,27)(H,25,29)/t22-/m1/s1. The second-order valence-electron chi connectivity index (χ2n) is 7.36. The zero-order chi connectivity index (χ0) is 22.3. The van der Waals surface area contributed by atoms with Crippen molar-refractivity contribution in [3.63, 3.8) is 0 Å². The van der Waals surface area contributed by atoms with Crippen LogP contribution < -0.4 is 15.4 Å². The van der Waals surface area contributed by atoms with E-state index in [-0.39, 0.29) is 24.3 Å². The molecule has 1 atom stereocenters. The molecule has 2 aromatic rings. The minimum absolute atomic E-state index is 0.186. The number of hydrogen-bond donors (Lipinski definition) is 2. The summed E-state index contributed by atoms with van der Waals surface area (Å²) < 4.78 is 5.18. The van der Waals surface area contributed by atoms with E-state index < -0.39 is 6.04 Å².